The molecule has 0 fully saturated rings. The topological polar surface area (TPSA) is 77.3 Å². The number of anilines is 1. The normalized spacial score (nSPS) is 17.9. The third kappa shape index (κ3) is 3.24. The fourth-order valence-corrected chi connectivity index (χ4v) is 4.35. The fraction of sp³-hybridized carbons (Fsp3) is 0.391. The number of aryl methyl sites for hydroxylation is 2. The summed E-state index contributed by atoms with van der Waals surface area (Å²) in [6, 6.07) is 7.70. The van der Waals surface area contributed by atoms with Gasteiger partial charge in [-0.1, -0.05) is 13.0 Å². The Hall–Kier alpha value is -3.22. The van der Waals surface area contributed by atoms with Crippen LogP contribution >= 0.6 is 0 Å². The highest BCUT2D eigenvalue weighted by Gasteiger charge is 2.25. The Balaban J connectivity index is 1.48. The minimum atomic E-state index is -0.223. The van der Waals surface area contributed by atoms with E-state index in [1.807, 2.05) is 31.2 Å². The molecular weight excluding hydrogens is 380 g/mol. The number of carbonyl (C=O) groups is 1. The van der Waals surface area contributed by atoms with Gasteiger partial charge in [0.2, 0.25) is 5.91 Å². The predicted molar refractivity (Wildman–Crippen MR) is 114 cm³/mol. The fourth-order valence-electron chi connectivity index (χ4n) is 4.35. The second-order valence-electron chi connectivity index (χ2n) is 8.36. The van der Waals surface area contributed by atoms with Gasteiger partial charge < -0.3 is 9.64 Å². The van der Waals surface area contributed by atoms with Gasteiger partial charge in [0.05, 0.1) is 17.6 Å². The number of rotatable bonds is 2. The summed E-state index contributed by atoms with van der Waals surface area (Å²) in [5.74, 6) is 1.11. The lowest BCUT2D eigenvalue weighted by atomic mass is 9.87. The molecule has 154 valence electrons. The van der Waals surface area contributed by atoms with Gasteiger partial charge in [-0.3, -0.25) is 14.2 Å². The van der Waals surface area contributed by atoms with Crippen molar-refractivity contribution in [3.8, 4) is 5.75 Å². The van der Waals surface area contributed by atoms with Crippen molar-refractivity contribution < 1.29 is 9.53 Å². The molecule has 0 N–H and O–H groups in total. The van der Waals surface area contributed by atoms with E-state index in [0.29, 0.717) is 35.9 Å². The summed E-state index contributed by atoms with van der Waals surface area (Å²) in [6.07, 6.45) is 4.39. The molecule has 1 amide bonds. The molecule has 1 aromatic carbocycles. The van der Waals surface area contributed by atoms with Crippen molar-refractivity contribution in [2.75, 3.05) is 18.1 Å². The quantitative estimate of drug-likeness (QED) is 0.656. The monoisotopic (exact) mass is 404 g/mol. The van der Waals surface area contributed by atoms with E-state index < -0.39 is 0 Å². The van der Waals surface area contributed by atoms with Crippen molar-refractivity contribution in [3.05, 3.63) is 57.8 Å². The standard InChI is InChI=1S/C23H24N4O3/c1-14-3-5-18-16(9-14)11-17-22(25-18)24-13-26(23(17)29)12-21(28)27-7-8-30-20-6-4-15(2)10-19(20)27/h4,6,10-11,13-14H,3,5,7-9,12H2,1-2H3. The first kappa shape index (κ1) is 18.8. The maximum Gasteiger partial charge on any atom is 0.263 e. The summed E-state index contributed by atoms with van der Waals surface area (Å²) in [6.45, 7) is 5.01. The van der Waals surface area contributed by atoms with Crippen LogP contribution in [0.1, 0.15) is 30.2 Å². The van der Waals surface area contributed by atoms with Gasteiger partial charge in [0, 0.05) is 5.69 Å². The van der Waals surface area contributed by atoms with Gasteiger partial charge in [-0.2, -0.15) is 0 Å². The zero-order chi connectivity index (χ0) is 20.8. The average molecular weight is 404 g/mol. The summed E-state index contributed by atoms with van der Waals surface area (Å²) in [4.78, 5) is 36.9. The smallest absolute Gasteiger partial charge is 0.263 e. The van der Waals surface area contributed by atoms with Crippen LogP contribution in [0.25, 0.3) is 11.0 Å². The number of pyridine rings is 1. The molecule has 2 aliphatic rings. The molecular formula is C23H24N4O3. The SMILES string of the molecule is Cc1ccc2c(c1)N(C(=O)Cn1cnc3nc4c(cc3c1=O)CC(C)CC4)CCO2. The van der Waals surface area contributed by atoms with Crippen molar-refractivity contribution in [2.45, 2.75) is 39.7 Å². The van der Waals surface area contributed by atoms with Gasteiger partial charge in [-0.15, -0.1) is 0 Å². The van der Waals surface area contributed by atoms with E-state index in [9.17, 15) is 9.59 Å². The van der Waals surface area contributed by atoms with Crippen molar-refractivity contribution >= 4 is 22.6 Å². The zero-order valence-electron chi connectivity index (χ0n) is 17.2. The van der Waals surface area contributed by atoms with Gasteiger partial charge in [-0.25, -0.2) is 9.97 Å². The molecule has 2 aromatic heterocycles. The number of ether oxygens (including phenoxy) is 1. The molecule has 7 nitrogen and oxygen atoms in total. The molecule has 1 aliphatic heterocycles. The van der Waals surface area contributed by atoms with Crippen LogP contribution in [0.3, 0.4) is 0 Å². The minimum Gasteiger partial charge on any atom is -0.490 e. The number of hydrogen-bond donors (Lipinski definition) is 0. The van der Waals surface area contributed by atoms with Gasteiger partial charge in [0.15, 0.2) is 5.65 Å². The molecule has 0 saturated heterocycles. The second-order valence-corrected chi connectivity index (χ2v) is 8.36. The van der Waals surface area contributed by atoms with E-state index in [-0.39, 0.29) is 18.0 Å². The molecule has 1 aliphatic carbocycles. The number of benzene rings is 1. The van der Waals surface area contributed by atoms with Crippen LogP contribution in [-0.2, 0) is 24.2 Å². The van der Waals surface area contributed by atoms with Crippen LogP contribution in [0.5, 0.6) is 5.75 Å². The summed E-state index contributed by atoms with van der Waals surface area (Å²) in [7, 11) is 0. The average Bonchev–Trinajstić information content (AvgIpc) is 2.74. The number of carbonyl (C=O) groups excluding carboxylic acids is 1. The van der Waals surface area contributed by atoms with Crippen molar-refractivity contribution in [3.63, 3.8) is 0 Å². The van der Waals surface area contributed by atoms with Crippen LogP contribution < -0.4 is 15.2 Å². The van der Waals surface area contributed by atoms with Gasteiger partial charge in [0.25, 0.3) is 5.56 Å². The number of amides is 1. The van der Waals surface area contributed by atoms with Gasteiger partial charge in [0.1, 0.15) is 25.2 Å². The molecule has 5 rings (SSSR count). The maximum atomic E-state index is 13.1. The van der Waals surface area contributed by atoms with E-state index in [0.717, 1.165) is 41.8 Å². The van der Waals surface area contributed by atoms with E-state index in [4.69, 9.17) is 4.74 Å². The van der Waals surface area contributed by atoms with Crippen LogP contribution in [-0.4, -0.2) is 33.6 Å². The second kappa shape index (κ2) is 7.23. The highest BCUT2D eigenvalue weighted by atomic mass is 16.5. The summed E-state index contributed by atoms with van der Waals surface area (Å²) in [5, 5.41) is 0.483. The van der Waals surface area contributed by atoms with E-state index in [1.54, 1.807) is 4.90 Å². The Morgan fingerprint density at radius 1 is 1.30 bits per heavy atom. The van der Waals surface area contributed by atoms with E-state index >= 15 is 0 Å². The number of aromatic nitrogens is 3. The maximum absolute atomic E-state index is 13.1. The Kier molecular flexibility index (Phi) is 4.53. The third-order valence-electron chi connectivity index (χ3n) is 6.01. The number of nitrogens with zero attached hydrogens (tertiary/aromatic N) is 4. The lowest BCUT2D eigenvalue weighted by Gasteiger charge is -2.30. The van der Waals surface area contributed by atoms with Crippen LogP contribution in [0.2, 0.25) is 0 Å². The van der Waals surface area contributed by atoms with Crippen molar-refractivity contribution in [1.29, 1.82) is 0 Å². The molecule has 3 aromatic rings. The summed E-state index contributed by atoms with van der Waals surface area (Å²) < 4.78 is 7.05. The summed E-state index contributed by atoms with van der Waals surface area (Å²) in [5.41, 5.74) is 4.21. The third-order valence-corrected chi connectivity index (χ3v) is 6.01. The number of hydrogen-bond acceptors (Lipinski definition) is 5. The predicted octanol–water partition coefficient (Wildman–Crippen LogP) is 2.65. The van der Waals surface area contributed by atoms with E-state index in [2.05, 4.69) is 16.9 Å². The number of fused-ring (bicyclic) bond motifs is 3. The molecule has 0 spiro atoms. The first-order valence-corrected chi connectivity index (χ1v) is 10.4. The van der Waals surface area contributed by atoms with E-state index in [1.165, 1.54) is 10.9 Å². The van der Waals surface area contributed by atoms with Crippen molar-refractivity contribution in [2.24, 2.45) is 5.92 Å². The lowest BCUT2D eigenvalue weighted by Crippen LogP contribution is -2.41. The first-order chi connectivity index (χ1) is 14.5. The zero-order valence-corrected chi connectivity index (χ0v) is 17.2. The first-order valence-electron chi connectivity index (χ1n) is 10.4. The minimum absolute atomic E-state index is 0.0668. The molecule has 0 radical (unpaired) electrons. The van der Waals surface area contributed by atoms with Gasteiger partial charge >= 0.3 is 0 Å². The Morgan fingerprint density at radius 2 is 2.17 bits per heavy atom. The lowest BCUT2D eigenvalue weighted by molar-refractivity contribution is -0.119. The Bertz CT molecular complexity index is 1220. The Morgan fingerprint density at radius 3 is 3.03 bits per heavy atom. The van der Waals surface area contributed by atoms with Gasteiger partial charge in [-0.05, 0) is 61.4 Å². The molecule has 30 heavy (non-hydrogen) atoms. The Labute approximate surface area is 174 Å². The largest absolute Gasteiger partial charge is 0.490 e. The molecule has 1 atom stereocenters. The summed E-state index contributed by atoms with van der Waals surface area (Å²) >= 11 is 0. The molecule has 7 heteroatoms. The molecule has 0 bridgehead atoms. The molecule has 1 unspecified atom stereocenters. The van der Waals surface area contributed by atoms with Crippen LogP contribution in [0, 0.1) is 12.8 Å². The highest BCUT2D eigenvalue weighted by Crippen LogP contribution is 2.32. The van der Waals surface area contributed by atoms with Crippen molar-refractivity contribution in [1.82, 2.24) is 14.5 Å². The molecule has 3 heterocycles. The molecule has 0 saturated carbocycles. The van der Waals surface area contributed by atoms with Crippen LogP contribution in [0.4, 0.5) is 5.69 Å². The van der Waals surface area contributed by atoms with Crippen LogP contribution in [0.15, 0.2) is 35.4 Å². The highest BCUT2D eigenvalue weighted by molar-refractivity contribution is 5.95.